The average Bonchev–Trinajstić information content (AvgIpc) is 2.62. The molecule has 1 aromatic heterocycles. The molecule has 7 heteroatoms. The second-order valence-electron chi connectivity index (χ2n) is 3.55. The van der Waals surface area contributed by atoms with Gasteiger partial charge < -0.3 is 5.73 Å². The van der Waals surface area contributed by atoms with Crippen LogP contribution in [-0.4, -0.2) is 14.8 Å². The lowest BCUT2D eigenvalue weighted by atomic mass is 10.1. The van der Waals surface area contributed by atoms with Gasteiger partial charge in [0.15, 0.2) is 0 Å². The fourth-order valence-corrected chi connectivity index (χ4v) is 1.40. The summed E-state index contributed by atoms with van der Waals surface area (Å²) in [6.45, 7) is 1.65. The lowest BCUT2D eigenvalue weighted by Gasteiger charge is -2.10. The number of benzene rings is 1. The van der Waals surface area contributed by atoms with Crippen molar-refractivity contribution in [3.8, 4) is 5.69 Å². The standard InChI is InChI=1S/C10H9F3N4/c1-6-15-5-17(16-6)9-3-7(10(11,12)13)2-8(14)4-9/h2-5H,14H2,1H3. The average molecular weight is 242 g/mol. The highest BCUT2D eigenvalue weighted by atomic mass is 19.4. The van der Waals surface area contributed by atoms with Gasteiger partial charge in [-0.25, -0.2) is 9.67 Å². The van der Waals surface area contributed by atoms with Crippen LogP contribution in [0.2, 0.25) is 0 Å². The van der Waals surface area contributed by atoms with Crippen LogP contribution >= 0.6 is 0 Å². The van der Waals surface area contributed by atoms with Crippen LogP contribution in [0.15, 0.2) is 24.5 Å². The Bertz CT molecular complexity index is 545. The topological polar surface area (TPSA) is 56.7 Å². The number of aryl methyl sites for hydroxylation is 1. The Morgan fingerprint density at radius 1 is 1.24 bits per heavy atom. The van der Waals surface area contributed by atoms with Crippen LogP contribution in [0.3, 0.4) is 0 Å². The minimum Gasteiger partial charge on any atom is -0.399 e. The van der Waals surface area contributed by atoms with Gasteiger partial charge >= 0.3 is 6.18 Å². The minimum atomic E-state index is -4.43. The van der Waals surface area contributed by atoms with Crippen LogP contribution in [-0.2, 0) is 6.18 Å². The molecule has 0 aliphatic heterocycles. The summed E-state index contributed by atoms with van der Waals surface area (Å²) < 4.78 is 39.0. The second kappa shape index (κ2) is 3.76. The molecule has 0 bridgehead atoms. The van der Waals surface area contributed by atoms with Crippen molar-refractivity contribution in [1.82, 2.24) is 14.8 Å². The van der Waals surface area contributed by atoms with Crippen molar-refractivity contribution in [2.24, 2.45) is 0 Å². The van der Waals surface area contributed by atoms with Crippen LogP contribution in [0.1, 0.15) is 11.4 Å². The summed E-state index contributed by atoms with van der Waals surface area (Å²) in [5.41, 5.74) is 4.90. The van der Waals surface area contributed by atoms with Crippen molar-refractivity contribution in [2.45, 2.75) is 13.1 Å². The third kappa shape index (κ3) is 2.38. The van der Waals surface area contributed by atoms with Gasteiger partial charge in [0.05, 0.1) is 11.3 Å². The van der Waals surface area contributed by atoms with E-state index in [2.05, 4.69) is 10.1 Å². The molecule has 90 valence electrons. The van der Waals surface area contributed by atoms with E-state index in [0.717, 1.165) is 12.1 Å². The molecule has 1 aromatic carbocycles. The Morgan fingerprint density at radius 2 is 1.94 bits per heavy atom. The van der Waals surface area contributed by atoms with Crippen LogP contribution in [0.5, 0.6) is 0 Å². The summed E-state index contributed by atoms with van der Waals surface area (Å²) in [5, 5.41) is 3.93. The largest absolute Gasteiger partial charge is 0.416 e. The lowest BCUT2D eigenvalue weighted by Crippen LogP contribution is -2.08. The first kappa shape index (κ1) is 11.4. The Kier molecular flexibility index (Phi) is 2.53. The van der Waals surface area contributed by atoms with E-state index >= 15 is 0 Å². The van der Waals surface area contributed by atoms with Crippen molar-refractivity contribution >= 4 is 5.69 Å². The molecule has 4 nitrogen and oxygen atoms in total. The first-order chi connectivity index (χ1) is 7.86. The molecule has 1 heterocycles. The van der Waals surface area contributed by atoms with Gasteiger partial charge in [0.1, 0.15) is 12.2 Å². The highest BCUT2D eigenvalue weighted by Crippen LogP contribution is 2.31. The van der Waals surface area contributed by atoms with Crippen molar-refractivity contribution in [3.63, 3.8) is 0 Å². The van der Waals surface area contributed by atoms with E-state index in [4.69, 9.17) is 5.73 Å². The predicted octanol–water partition coefficient (Wildman–Crippen LogP) is 2.18. The zero-order valence-electron chi connectivity index (χ0n) is 8.86. The van der Waals surface area contributed by atoms with E-state index in [-0.39, 0.29) is 11.4 Å². The molecular weight excluding hydrogens is 233 g/mol. The number of halogens is 3. The molecule has 0 amide bonds. The summed E-state index contributed by atoms with van der Waals surface area (Å²) in [6, 6.07) is 3.27. The fourth-order valence-electron chi connectivity index (χ4n) is 1.40. The highest BCUT2D eigenvalue weighted by Gasteiger charge is 2.31. The third-order valence-electron chi connectivity index (χ3n) is 2.14. The molecule has 2 N–H and O–H groups in total. The van der Waals surface area contributed by atoms with Crippen molar-refractivity contribution in [3.05, 3.63) is 35.9 Å². The fraction of sp³-hybridized carbons (Fsp3) is 0.200. The Labute approximate surface area is 94.9 Å². The number of hydrogen-bond donors (Lipinski definition) is 1. The van der Waals surface area contributed by atoms with E-state index in [9.17, 15) is 13.2 Å². The van der Waals surface area contributed by atoms with Crippen molar-refractivity contribution in [1.29, 1.82) is 0 Å². The summed E-state index contributed by atoms with van der Waals surface area (Å²) >= 11 is 0. The molecule has 0 saturated carbocycles. The second-order valence-corrected chi connectivity index (χ2v) is 3.55. The molecule has 2 aromatic rings. The molecule has 17 heavy (non-hydrogen) atoms. The van der Waals surface area contributed by atoms with Crippen LogP contribution in [0, 0.1) is 6.92 Å². The molecular formula is C10H9F3N4. The zero-order chi connectivity index (χ0) is 12.6. The van der Waals surface area contributed by atoms with Crippen LogP contribution < -0.4 is 5.73 Å². The molecule has 0 unspecified atom stereocenters. The number of anilines is 1. The number of nitrogens with two attached hydrogens (primary N) is 1. The van der Waals surface area contributed by atoms with E-state index in [1.807, 2.05) is 0 Å². The van der Waals surface area contributed by atoms with E-state index in [0.29, 0.717) is 5.82 Å². The number of hydrogen-bond acceptors (Lipinski definition) is 3. The maximum absolute atomic E-state index is 12.6. The molecule has 0 fully saturated rings. The van der Waals surface area contributed by atoms with Crippen molar-refractivity contribution < 1.29 is 13.2 Å². The number of aromatic nitrogens is 3. The summed E-state index contributed by atoms with van der Waals surface area (Å²) in [4.78, 5) is 3.84. The van der Waals surface area contributed by atoms with Gasteiger partial charge in [0.25, 0.3) is 0 Å². The van der Waals surface area contributed by atoms with Gasteiger partial charge in [0.2, 0.25) is 0 Å². The highest BCUT2D eigenvalue weighted by molar-refractivity contribution is 5.51. The molecule has 0 spiro atoms. The van der Waals surface area contributed by atoms with Gasteiger partial charge in [-0.2, -0.15) is 18.3 Å². The Balaban J connectivity index is 2.52. The SMILES string of the molecule is Cc1ncn(-c2cc(N)cc(C(F)(F)F)c2)n1. The maximum atomic E-state index is 12.6. The number of alkyl halides is 3. The molecule has 0 atom stereocenters. The van der Waals surface area contributed by atoms with E-state index < -0.39 is 11.7 Å². The quantitative estimate of drug-likeness (QED) is 0.780. The predicted molar refractivity (Wildman–Crippen MR) is 55.5 cm³/mol. The summed E-state index contributed by atoms with van der Waals surface area (Å²) in [7, 11) is 0. The lowest BCUT2D eigenvalue weighted by molar-refractivity contribution is -0.137. The first-order valence-electron chi connectivity index (χ1n) is 4.72. The molecule has 0 aliphatic rings. The van der Waals surface area contributed by atoms with Gasteiger partial charge in [-0.3, -0.25) is 0 Å². The van der Waals surface area contributed by atoms with Gasteiger partial charge in [-0.1, -0.05) is 0 Å². The zero-order valence-corrected chi connectivity index (χ0v) is 8.86. The Hall–Kier alpha value is -2.05. The van der Waals surface area contributed by atoms with E-state index in [1.54, 1.807) is 6.92 Å². The molecule has 0 radical (unpaired) electrons. The molecule has 0 saturated heterocycles. The smallest absolute Gasteiger partial charge is 0.399 e. The van der Waals surface area contributed by atoms with Crippen LogP contribution in [0.25, 0.3) is 5.69 Å². The Morgan fingerprint density at radius 3 is 2.47 bits per heavy atom. The summed E-state index contributed by atoms with van der Waals surface area (Å²) in [6.07, 6.45) is -3.09. The monoisotopic (exact) mass is 242 g/mol. The maximum Gasteiger partial charge on any atom is 0.416 e. The molecule has 2 rings (SSSR count). The molecule has 0 aliphatic carbocycles. The first-order valence-corrected chi connectivity index (χ1v) is 4.72. The van der Waals surface area contributed by atoms with Crippen molar-refractivity contribution in [2.75, 3.05) is 5.73 Å². The number of nitrogen functional groups attached to an aromatic ring is 1. The van der Waals surface area contributed by atoms with Gasteiger partial charge in [0, 0.05) is 5.69 Å². The normalized spacial score (nSPS) is 11.8. The minimum absolute atomic E-state index is 0.0305. The van der Waals surface area contributed by atoms with Crippen LogP contribution in [0.4, 0.5) is 18.9 Å². The summed E-state index contributed by atoms with van der Waals surface area (Å²) in [5.74, 6) is 0.473. The van der Waals surface area contributed by atoms with Gasteiger partial charge in [-0.05, 0) is 25.1 Å². The number of nitrogens with zero attached hydrogens (tertiary/aromatic N) is 3. The third-order valence-corrected chi connectivity index (χ3v) is 2.14. The number of rotatable bonds is 1. The van der Waals surface area contributed by atoms with E-state index in [1.165, 1.54) is 17.1 Å². The van der Waals surface area contributed by atoms with Gasteiger partial charge in [-0.15, -0.1) is 0 Å².